The van der Waals surface area contributed by atoms with Crippen LogP contribution in [0.2, 0.25) is 0 Å². The van der Waals surface area contributed by atoms with Gasteiger partial charge in [-0.15, -0.1) is 11.8 Å². The Kier molecular flexibility index (Phi) is 3.83. The standard InChI is InChI=1S/C9H7N3O2S/c1-15-9(11-6-10)7-2-4-8(5-3-7)12(13)14/h2-5H,1H3. The SMILES string of the molecule is CSC(=NC#N)c1ccc([N+](=O)[O-])cc1. The molecule has 0 aliphatic rings. The molecule has 6 heteroatoms. The first kappa shape index (κ1) is 11.2. The van der Waals surface area contributed by atoms with Crippen molar-refractivity contribution in [3.63, 3.8) is 0 Å². The second-order valence-electron chi connectivity index (χ2n) is 2.53. The van der Waals surface area contributed by atoms with Crippen molar-refractivity contribution in [3.05, 3.63) is 39.9 Å². The Labute approximate surface area is 90.6 Å². The maximum Gasteiger partial charge on any atom is 0.269 e. The number of thioether (sulfide) groups is 1. The lowest BCUT2D eigenvalue weighted by Gasteiger charge is -1.99. The van der Waals surface area contributed by atoms with Gasteiger partial charge in [-0.1, -0.05) is 0 Å². The molecule has 0 bridgehead atoms. The van der Waals surface area contributed by atoms with Crippen LogP contribution in [0, 0.1) is 21.6 Å². The minimum absolute atomic E-state index is 0.0242. The third kappa shape index (κ3) is 2.79. The molecular weight excluding hydrogens is 214 g/mol. The number of nitro benzene ring substituents is 1. The smallest absolute Gasteiger partial charge is 0.258 e. The van der Waals surface area contributed by atoms with Crippen LogP contribution in [-0.2, 0) is 0 Å². The number of hydrogen-bond donors (Lipinski definition) is 0. The average molecular weight is 221 g/mol. The first-order valence-corrected chi connectivity index (χ1v) is 5.17. The van der Waals surface area contributed by atoms with E-state index in [-0.39, 0.29) is 5.69 Å². The number of nitrogens with zero attached hydrogens (tertiary/aromatic N) is 3. The highest BCUT2D eigenvalue weighted by molar-refractivity contribution is 8.13. The molecule has 0 saturated carbocycles. The molecule has 0 fully saturated rings. The fourth-order valence-corrected chi connectivity index (χ4v) is 1.50. The molecule has 0 atom stereocenters. The minimum atomic E-state index is -0.468. The third-order valence-corrected chi connectivity index (χ3v) is 2.38. The van der Waals surface area contributed by atoms with Crippen LogP contribution in [0.25, 0.3) is 0 Å². The van der Waals surface area contributed by atoms with E-state index in [0.29, 0.717) is 10.6 Å². The van der Waals surface area contributed by atoms with Crippen LogP contribution < -0.4 is 0 Å². The van der Waals surface area contributed by atoms with Gasteiger partial charge in [0, 0.05) is 17.7 Å². The number of benzene rings is 1. The number of aliphatic imine (C=N–C) groups is 1. The Bertz CT molecular complexity index is 434. The summed E-state index contributed by atoms with van der Waals surface area (Å²) in [6, 6.07) is 5.92. The van der Waals surface area contributed by atoms with Gasteiger partial charge in [0.15, 0.2) is 0 Å². The molecule has 0 aromatic heterocycles. The number of nitro groups is 1. The minimum Gasteiger partial charge on any atom is -0.258 e. The predicted molar refractivity (Wildman–Crippen MR) is 58.8 cm³/mol. The third-order valence-electron chi connectivity index (χ3n) is 1.67. The van der Waals surface area contributed by atoms with Gasteiger partial charge in [0.05, 0.1) is 4.92 Å². The number of nitriles is 1. The Morgan fingerprint density at radius 3 is 2.53 bits per heavy atom. The molecule has 1 aromatic rings. The summed E-state index contributed by atoms with van der Waals surface area (Å²) in [6.07, 6.45) is 3.48. The first-order chi connectivity index (χ1) is 7.19. The van der Waals surface area contributed by atoms with Gasteiger partial charge < -0.3 is 0 Å². The molecule has 0 N–H and O–H groups in total. The molecule has 5 nitrogen and oxygen atoms in total. The molecule has 0 heterocycles. The van der Waals surface area contributed by atoms with E-state index in [4.69, 9.17) is 5.26 Å². The van der Waals surface area contributed by atoms with Crippen LogP contribution >= 0.6 is 11.8 Å². The van der Waals surface area contributed by atoms with Crippen LogP contribution in [0.3, 0.4) is 0 Å². The van der Waals surface area contributed by atoms with E-state index in [1.54, 1.807) is 24.6 Å². The van der Waals surface area contributed by atoms with E-state index in [0.717, 1.165) is 0 Å². The van der Waals surface area contributed by atoms with Crippen LogP contribution in [-0.4, -0.2) is 16.2 Å². The van der Waals surface area contributed by atoms with E-state index in [9.17, 15) is 10.1 Å². The quantitative estimate of drug-likeness (QED) is 0.252. The molecule has 0 saturated heterocycles. The summed E-state index contributed by atoms with van der Waals surface area (Å²) in [4.78, 5) is 13.5. The Hall–Kier alpha value is -1.87. The molecular formula is C9H7N3O2S. The van der Waals surface area contributed by atoms with Crippen LogP contribution in [0.4, 0.5) is 5.69 Å². The van der Waals surface area contributed by atoms with E-state index in [1.165, 1.54) is 23.9 Å². The van der Waals surface area contributed by atoms with Crippen LogP contribution in [0.5, 0.6) is 0 Å². The van der Waals surface area contributed by atoms with E-state index < -0.39 is 4.92 Å². The van der Waals surface area contributed by atoms with Crippen molar-refractivity contribution in [2.24, 2.45) is 4.99 Å². The van der Waals surface area contributed by atoms with Crippen molar-refractivity contribution in [1.29, 1.82) is 5.26 Å². The summed E-state index contributed by atoms with van der Waals surface area (Å²) in [5.41, 5.74) is 0.728. The van der Waals surface area contributed by atoms with Gasteiger partial charge in [0.25, 0.3) is 5.69 Å². The lowest BCUT2D eigenvalue weighted by molar-refractivity contribution is -0.384. The molecule has 0 aliphatic heterocycles. The normalized spacial score (nSPS) is 10.8. The van der Waals surface area contributed by atoms with E-state index in [2.05, 4.69) is 4.99 Å². The Balaban J connectivity index is 3.03. The van der Waals surface area contributed by atoms with Gasteiger partial charge in [-0.3, -0.25) is 10.1 Å². The van der Waals surface area contributed by atoms with Crippen molar-refractivity contribution in [2.75, 3.05) is 6.26 Å². The summed E-state index contributed by atoms with van der Waals surface area (Å²) in [7, 11) is 0. The van der Waals surface area contributed by atoms with E-state index >= 15 is 0 Å². The molecule has 1 rings (SSSR count). The van der Waals surface area contributed by atoms with Crippen LogP contribution in [0.1, 0.15) is 5.56 Å². The number of non-ortho nitro benzene ring substituents is 1. The first-order valence-electron chi connectivity index (χ1n) is 3.94. The summed E-state index contributed by atoms with van der Waals surface area (Å²) in [6.45, 7) is 0. The molecule has 0 amide bonds. The summed E-state index contributed by atoms with van der Waals surface area (Å²) in [5.74, 6) is 0. The number of rotatable bonds is 2. The highest BCUT2D eigenvalue weighted by Crippen LogP contribution is 2.16. The van der Waals surface area contributed by atoms with Gasteiger partial charge in [-0.2, -0.15) is 10.3 Å². The maximum absolute atomic E-state index is 10.4. The lowest BCUT2D eigenvalue weighted by atomic mass is 10.2. The Morgan fingerprint density at radius 1 is 1.53 bits per heavy atom. The largest absolute Gasteiger partial charge is 0.269 e. The number of hydrogen-bond acceptors (Lipinski definition) is 5. The topological polar surface area (TPSA) is 79.3 Å². The molecule has 0 radical (unpaired) electrons. The average Bonchev–Trinajstić information content (AvgIpc) is 2.26. The second kappa shape index (κ2) is 5.12. The van der Waals surface area contributed by atoms with Gasteiger partial charge >= 0.3 is 0 Å². The van der Waals surface area contributed by atoms with Gasteiger partial charge in [-0.05, 0) is 18.4 Å². The Morgan fingerprint density at radius 2 is 2.13 bits per heavy atom. The zero-order chi connectivity index (χ0) is 11.3. The monoisotopic (exact) mass is 221 g/mol. The zero-order valence-electron chi connectivity index (χ0n) is 7.88. The highest BCUT2D eigenvalue weighted by atomic mass is 32.2. The molecule has 76 valence electrons. The molecule has 15 heavy (non-hydrogen) atoms. The lowest BCUT2D eigenvalue weighted by Crippen LogP contribution is -1.95. The van der Waals surface area contributed by atoms with Gasteiger partial charge in [-0.25, -0.2) is 0 Å². The molecule has 0 unspecified atom stereocenters. The fourth-order valence-electron chi connectivity index (χ4n) is 0.999. The molecule has 0 aliphatic carbocycles. The van der Waals surface area contributed by atoms with Crippen molar-refractivity contribution < 1.29 is 4.92 Å². The predicted octanol–water partition coefficient (Wildman–Crippen LogP) is 2.19. The summed E-state index contributed by atoms with van der Waals surface area (Å²) < 4.78 is 0. The maximum atomic E-state index is 10.4. The van der Waals surface area contributed by atoms with Crippen molar-refractivity contribution in [3.8, 4) is 6.19 Å². The van der Waals surface area contributed by atoms with E-state index in [1.807, 2.05) is 0 Å². The highest BCUT2D eigenvalue weighted by Gasteiger charge is 2.06. The van der Waals surface area contributed by atoms with Crippen molar-refractivity contribution >= 4 is 22.5 Å². The van der Waals surface area contributed by atoms with Gasteiger partial charge in [0.2, 0.25) is 6.19 Å². The second-order valence-corrected chi connectivity index (χ2v) is 3.32. The van der Waals surface area contributed by atoms with Gasteiger partial charge in [0.1, 0.15) is 5.04 Å². The van der Waals surface area contributed by atoms with Crippen molar-refractivity contribution in [2.45, 2.75) is 0 Å². The summed E-state index contributed by atoms with van der Waals surface area (Å²) >= 11 is 1.32. The summed E-state index contributed by atoms with van der Waals surface area (Å²) in [5, 5.41) is 19.4. The van der Waals surface area contributed by atoms with Crippen LogP contribution in [0.15, 0.2) is 29.3 Å². The van der Waals surface area contributed by atoms with Crippen molar-refractivity contribution in [1.82, 2.24) is 0 Å². The molecule has 1 aromatic carbocycles. The molecule has 0 spiro atoms. The zero-order valence-corrected chi connectivity index (χ0v) is 8.69. The fraction of sp³-hybridized carbons (Fsp3) is 0.111.